The van der Waals surface area contributed by atoms with Gasteiger partial charge < -0.3 is 19.5 Å². The van der Waals surface area contributed by atoms with E-state index in [2.05, 4.69) is 15.2 Å². The number of hydrogen-bond donors (Lipinski definition) is 1. The van der Waals surface area contributed by atoms with Gasteiger partial charge in [0, 0.05) is 38.3 Å². The van der Waals surface area contributed by atoms with Gasteiger partial charge in [-0.1, -0.05) is 0 Å². The van der Waals surface area contributed by atoms with E-state index in [1.807, 2.05) is 20.8 Å². The Bertz CT molecular complexity index is 898. The van der Waals surface area contributed by atoms with E-state index < -0.39 is 5.60 Å². The number of aromatic nitrogens is 2. The highest BCUT2D eigenvalue weighted by atomic mass is 19.1. The highest BCUT2D eigenvalue weighted by Crippen LogP contribution is 2.14. The lowest BCUT2D eigenvalue weighted by molar-refractivity contribution is 0.0478. The summed E-state index contributed by atoms with van der Waals surface area (Å²) in [7, 11) is 0. The van der Waals surface area contributed by atoms with Crippen LogP contribution in [0.5, 0.6) is 0 Å². The van der Waals surface area contributed by atoms with E-state index in [9.17, 15) is 14.0 Å². The van der Waals surface area contributed by atoms with E-state index in [0.717, 1.165) is 25.9 Å². The Hall–Kier alpha value is -2.48. The fraction of sp³-hybridized carbons (Fsp3) is 0.550. The highest BCUT2D eigenvalue weighted by molar-refractivity contribution is 5.74. The molecule has 1 fully saturated rings. The third kappa shape index (κ3) is 5.28. The van der Waals surface area contributed by atoms with Gasteiger partial charge in [-0.2, -0.15) is 0 Å². The van der Waals surface area contributed by atoms with Gasteiger partial charge in [-0.15, -0.1) is 0 Å². The number of ether oxygens (including phenoxy) is 1. The third-order valence-electron chi connectivity index (χ3n) is 4.76. The smallest absolute Gasteiger partial charge is 0.407 e. The summed E-state index contributed by atoms with van der Waals surface area (Å²) in [5, 5.41) is 2.92. The number of nitrogens with zero attached hydrogens (tertiary/aromatic N) is 3. The minimum Gasteiger partial charge on any atom is -0.444 e. The van der Waals surface area contributed by atoms with E-state index in [1.54, 1.807) is 10.6 Å². The van der Waals surface area contributed by atoms with Crippen LogP contribution in [0.4, 0.5) is 9.18 Å². The molecule has 0 aliphatic carbocycles. The normalized spacial score (nSPS) is 16.3. The minimum absolute atomic E-state index is 0.0959. The van der Waals surface area contributed by atoms with Gasteiger partial charge >= 0.3 is 6.09 Å². The molecule has 1 saturated heterocycles. The molecule has 3 rings (SSSR count). The first kappa shape index (κ1) is 20.3. The molecule has 152 valence electrons. The Kier molecular flexibility index (Phi) is 5.98. The Balaban J connectivity index is 1.54. The van der Waals surface area contributed by atoms with Crippen LogP contribution in [-0.4, -0.2) is 51.8 Å². The van der Waals surface area contributed by atoms with Crippen LogP contribution in [0.2, 0.25) is 0 Å². The lowest BCUT2D eigenvalue weighted by Gasteiger charge is -2.33. The maximum absolute atomic E-state index is 13.4. The first-order chi connectivity index (χ1) is 13.2. The van der Waals surface area contributed by atoms with E-state index in [-0.39, 0.29) is 23.5 Å². The van der Waals surface area contributed by atoms with Gasteiger partial charge in [0.15, 0.2) is 0 Å². The van der Waals surface area contributed by atoms with E-state index in [1.165, 1.54) is 18.3 Å². The molecule has 8 heteroatoms. The van der Waals surface area contributed by atoms with Crippen molar-refractivity contribution in [1.29, 1.82) is 0 Å². The minimum atomic E-state index is -0.506. The third-order valence-corrected chi connectivity index (χ3v) is 4.76. The number of likely N-dealkylation sites (tertiary alicyclic amines) is 1. The molecule has 0 unspecified atom stereocenters. The van der Waals surface area contributed by atoms with Gasteiger partial charge in [-0.05, 0) is 45.7 Å². The van der Waals surface area contributed by atoms with Gasteiger partial charge in [0.1, 0.15) is 11.4 Å². The molecule has 28 heavy (non-hydrogen) atoms. The number of piperidine rings is 1. The molecule has 1 aromatic heterocycles. The van der Waals surface area contributed by atoms with Gasteiger partial charge in [-0.3, -0.25) is 4.79 Å². The Morgan fingerprint density at radius 3 is 2.68 bits per heavy atom. The molecular formula is C20H27FN4O3. The number of carbonyl (C=O) groups is 1. The topological polar surface area (TPSA) is 76.5 Å². The van der Waals surface area contributed by atoms with Crippen molar-refractivity contribution in [3.8, 4) is 0 Å². The Labute approximate surface area is 163 Å². The quantitative estimate of drug-likeness (QED) is 0.868. The average Bonchev–Trinajstić information content (AvgIpc) is 2.60. The molecule has 7 nitrogen and oxygen atoms in total. The lowest BCUT2D eigenvalue weighted by Crippen LogP contribution is -2.46. The van der Waals surface area contributed by atoms with Crippen molar-refractivity contribution in [2.75, 3.05) is 19.6 Å². The summed E-state index contributed by atoms with van der Waals surface area (Å²) in [5.41, 5.74) is 0.407. The molecule has 1 aromatic carbocycles. The molecular weight excluding hydrogens is 363 g/mol. The molecule has 0 atom stereocenters. The van der Waals surface area contributed by atoms with Crippen molar-refractivity contribution < 1.29 is 13.9 Å². The fourth-order valence-corrected chi connectivity index (χ4v) is 3.39. The zero-order chi connectivity index (χ0) is 20.3. The largest absolute Gasteiger partial charge is 0.444 e. The summed E-state index contributed by atoms with van der Waals surface area (Å²) >= 11 is 0. The lowest BCUT2D eigenvalue weighted by atomic mass is 10.1. The van der Waals surface area contributed by atoms with Crippen LogP contribution in [0.15, 0.2) is 29.2 Å². The van der Waals surface area contributed by atoms with E-state index >= 15 is 0 Å². The zero-order valence-electron chi connectivity index (χ0n) is 16.6. The van der Waals surface area contributed by atoms with Crippen molar-refractivity contribution >= 4 is 17.1 Å². The number of nitrogens with one attached hydrogen (secondary N) is 1. The molecule has 0 radical (unpaired) electrons. The number of amides is 1. The van der Waals surface area contributed by atoms with Crippen LogP contribution in [0.25, 0.3) is 11.0 Å². The van der Waals surface area contributed by atoms with Crippen LogP contribution in [0.3, 0.4) is 0 Å². The summed E-state index contributed by atoms with van der Waals surface area (Å²) < 4.78 is 20.3. The van der Waals surface area contributed by atoms with Crippen LogP contribution < -0.4 is 10.9 Å². The highest BCUT2D eigenvalue weighted by Gasteiger charge is 2.23. The summed E-state index contributed by atoms with van der Waals surface area (Å²) in [6.45, 7) is 8.39. The van der Waals surface area contributed by atoms with Crippen molar-refractivity contribution in [3.05, 3.63) is 40.6 Å². The Morgan fingerprint density at radius 1 is 1.29 bits per heavy atom. The summed E-state index contributed by atoms with van der Waals surface area (Å²) in [6.07, 6.45) is 2.51. The van der Waals surface area contributed by atoms with Crippen LogP contribution >= 0.6 is 0 Å². The second-order valence-electron chi connectivity index (χ2n) is 8.14. The first-order valence-electron chi connectivity index (χ1n) is 9.58. The average molecular weight is 390 g/mol. The number of carbonyl (C=O) groups excluding carboxylic acids is 1. The van der Waals surface area contributed by atoms with Crippen molar-refractivity contribution in [2.45, 2.75) is 51.8 Å². The molecule has 1 aliphatic rings. The van der Waals surface area contributed by atoms with Gasteiger partial charge in [-0.25, -0.2) is 14.2 Å². The molecule has 0 spiro atoms. The monoisotopic (exact) mass is 390 g/mol. The van der Waals surface area contributed by atoms with Gasteiger partial charge in [0.05, 0.1) is 17.2 Å². The summed E-state index contributed by atoms with van der Waals surface area (Å²) in [4.78, 5) is 30.4. The first-order valence-corrected chi connectivity index (χ1v) is 9.58. The molecule has 1 aliphatic heterocycles. The van der Waals surface area contributed by atoms with Gasteiger partial charge in [0.2, 0.25) is 0 Å². The van der Waals surface area contributed by atoms with Crippen molar-refractivity contribution in [2.24, 2.45) is 0 Å². The number of hydrogen-bond acceptors (Lipinski definition) is 5. The molecule has 0 saturated carbocycles. The standard InChI is InChI=1S/C20H27FN4O3/c1-20(2,3)28-19(27)23-15-6-8-24(9-7-15)10-11-25-17-5-4-14(21)12-16(17)22-13-18(25)26/h4-5,12-13,15H,6-11H2,1-3H3,(H,23,27). The summed E-state index contributed by atoms with van der Waals surface area (Å²) in [6, 6.07) is 4.36. The predicted molar refractivity (Wildman–Crippen MR) is 105 cm³/mol. The number of fused-ring (bicyclic) bond motifs is 1. The molecule has 2 heterocycles. The van der Waals surface area contributed by atoms with Crippen LogP contribution in [0, 0.1) is 5.82 Å². The van der Waals surface area contributed by atoms with Crippen LogP contribution in [0.1, 0.15) is 33.6 Å². The van der Waals surface area contributed by atoms with E-state index in [4.69, 9.17) is 4.74 Å². The van der Waals surface area contributed by atoms with Gasteiger partial charge in [0.25, 0.3) is 5.56 Å². The van der Waals surface area contributed by atoms with E-state index in [0.29, 0.717) is 24.1 Å². The van der Waals surface area contributed by atoms with Crippen molar-refractivity contribution in [1.82, 2.24) is 19.8 Å². The second-order valence-corrected chi connectivity index (χ2v) is 8.14. The molecule has 1 N–H and O–H groups in total. The molecule has 1 amide bonds. The second kappa shape index (κ2) is 8.26. The number of benzene rings is 1. The number of alkyl carbamates (subject to hydrolysis) is 1. The number of halogens is 1. The predicted octanol–water partition coefficient (Wildman–Crippen LogP) is 2.52. The maximum Gasteiger partial charge on any atom is 0.407 e. The number of rotatable bonds is 4. The SMILES string of the molecule is CC(C)(C)OC(=O)NC1CCN(CCn2c(=O)cnc3cc(F)ccc32)CC1. The Morgan fingerprint density at radius 2 is 2.00 bits per heavy atom. The fourth-order valence-electron chi connectivity index (χ4n) is 3.39. The summed E-state index contributed by atoms with van der Waals surface area (Å²) in [5.74, 6) is -0.371. The molecule has 0 bridgehead atoms. The van der Waals surface area contributed by atoms with Crippen molar-refractivity contribution in [3.63, 3.8) is 0 Å². The zero-order valence-corrected chi connectivity index (χ0v) is 16.6. The maximum atomic E-state index is 13.4. The molecule has 2 aromatic rings. The van der Waals surface area contributed by atoms with Crippen LogP contribution in [-0.2, 0) is 11.3 Å².